The summed E-state index contributed by atoms with van der Waals surface area (Å²) in [6, 6.07) is -1.31. The van der Waals surface area contributed by atoms with Crippen LogP contribution in [0.1, 0.15) is 50.4 Å². The number of anilines is 2. The van der Waals surface area contributed by atoms with Gasteiger partial charge in [0.2, 0.25) is 11.6 Å². The number of hydrogen-bond acceptors (Lipinski definition) is 7. The number of carbonyl (C=O) groups excluding carboxylic acids is 3. The van der Waals surface area contributed by atoms with E-state index in [0.717, 1.165) is 6.07 Å². The highest BCUT2D eigenvalue weighted by atomic mass is 35.5. The molecule has 1 aliphatic carbocycles. The zero-order valence-electron chi connectivity index (χ0n) is 18.5. The molecule has 2 N–H and O–H groups in total. The molecule has 1 aromatic carbocycles. The van der Waals surface area contributed by atoms with E-state index in [1.165, 1.54) is 4.90 Å². The van der Waals surface area contributed by atoms with Crippen molar-refractivity contribution >= 4 is 46.6 Å². The van der Waals surface area contributed by atoms with Crippen LogP contribution in [0, 0.1) is 5.82 Å². The van der Waals surface area contributed by atoms with Gasteiger partial charge in [0.05, 0.1) is 28.0 Å². The Morgan fingerprint density at radius 3 is 2.45 bits per heavy atom. The van der Waals surface area contributed by atoms with E-state index in [1.807, 2.05) is 0 Å². The number of fused-ring (bicyclic) bond motifs is 1. The minimum Gasteiger partial charge on any atom is -0.479 e. The Bertz CT molecular complexity index is 1050. The highest BCUT2D eigenvalue weighted by Gasteiger charge is 2.50. The molecule has 9 nitrogen and oxygen atoms in total. The van der Waals surface area contributed by atoms with Gasteiger partial charge in [0.15, 0.2) is 6.04 Å². The fraction of sp³-hybridized carbons (Fsp3) is 0.545. The number of Topliss-reactive ketones (excluding diaryl/α,β-unsaturated/α-hetero) is 2. The van der Waals surface area contributed by atoms with Crippen molar-refractivity contribution in [2.45, 2.75) is 63.8 Å². The van der Waals surface area contributed by atoms with Crippen LogP contribution in [0.5, 0.6) is 0 Å². The van der Waals surface area contributed by atoms with Crippen LogP contribution in [0.25, 0.3) is 0 Å². The maximum atomic E-state index is 15.2. The van der Waals surface area contributed by atoms with Crippen LogP contribution >= 0.6 is 11.6 Å². The number of ketones is 2. The van der Waals surface area contributed by atoms with E-state index in [2.05, 4.69) is 5.32 Å². The van der Waals surface area contributed by atoms with Gasteiger partial charge in [-0.05, 0) is 46.1 Å². The Morgan fingerprint density at radius 2 is 1.88 bits per heavy atom. The molecular weight excluding hydrogens is 457 g/mol. The minimum absolute atomic E-state index is 0.0147. The summed E-state index contributed by atoms with van der Waals surface area (Å²) < 4.78 is 20.4. The van der Waals surface area contributed by atoms with E-state index in [0.29, 0.717) is 25.8 Å². The number of halogens is 2. The van der Waals surface area contributed by atoms with Crippen molar-refractivity contribution < 1.29 is 33.4 Å². The van der Waals surface area contributed by atoms with E-state index < -0.39 is 41.1 Å². The molecule has 2 heterocycles. The van der Waals surface area contributed by atoms with E-state index in [4.69, 9.17) is 16.3 Å². The number of nitrogens with one attached hydrogen (secondary N) is 1. The van der Waals surface area contributed by atoms with E-state index in [1.54, 1.807) is 25.7 Å². The average Bonchev–Trinajstić information content (AvgIpc) is 3.43. The molecule has 1 aromatic rings. The summed E-state index contributed by atoms with van der Waals surface area (Å²) in [6.45, 7) is 5.86. The van der Waals surface area contributed by atoms with E-state index in [-0.39, 0.29) is 40.6 Å². The van der Waals surface area contributed by atoms with Crippen LogP contribution in [0.2, 0.25) is 5.02 Å². The molecule has 0 radical (unpaired) electrons. The number of aliphatic carboxylic acids is 1. The van der Waals surface area contributed by atoms with Crippen LogP contribution in [0.4, 0.5) is 20.6 Å². The third-order valence-electron chi connectivity index (χ3n) is 5.82. The monoisotopic (exact) mass is 481 g/mol. The summed E-state index contributed by atoms with van der Waals surface area (Å²) >= 11 is 6.61. The van der Waals surface area contributed by atoms with Crippen LogP contribution in [-0.4, -0.2) is 65.6 Å². The van der Waals surface area contributed by atoms with Gasteiger partial charge >= 0.3 is 12.1 Å². The molecule has 0 spiro atoms. The van der Waals surface area contributed by atoms with Gasteiger partial charge in [-0.1, -0.05) is 11.6 Å². The van der Waals surface area contributed by atoms with Crippen LogP contribution in [0.3, 0.4) is 0 Å². The normalized spacial score (nSPS) is 22.9. The largest absolute Gasteiger partial charge is 0.479 e. The summed E-state index contributed by atoms with van der Waals surface area (Å²) in [5, 5.41) is 12.3. The maximum Gasteiger partial charge on any atom is 0.407 e. The molecule has 2 fully saturated rings. The molecule has 2 unspecified atom stereocenters. The van der Waals surface area contributed by atoms with Crippen LogP contribution in [-0.2, 0) is 14.3 Å². The average molecular weight is 482 g/mol. The SMILES string of the molecule is CC(C)(C)OC(=O)NC1CCN(c2c(F)cc3c(c2Cl)N(C2CC2)C(C(=O)O)C(=O)C3=O)C1. The predicted octanol–water partition coefficient (Wildman–Crippen LogP) is 2.77. The number of hydrogen-bond donors (Lipinski definition) is 2. The maximum absolute atomic E-state index is 15.2. The first-order valence-electron chi connectivity index (χ1n) is 10.7. The first-order valence-corrected chi connectivity index (χ1v) is 11.1. The lowest BCUT2D eigenvalue weighted by molar-refractivity contribution is -0.141. The number of carbonyl (C=O) groups is 4. The van der Waals surface area contributed by atoms with Crippen molar-refractivity contribution in [3.63, 3.8) is 0 Å². The quantitative estimate of drug-likeness (QED) is 0.498. The molecule has 178 valence electrons. The zero-order chi connectivity index (χ0) is 24.2. The van der Waals surface area contributed by atoms with Crippen LogP contribution in [0.15, 0.2) is 6.07 Å². The molecule has 1 saturated carbocycles. The fourth-order valence-corrected chi connectivity index (χ4v) is 4.77. The summed E-state index contributed by atoms with van der Waals surface area (Å²) in [7, 11) is 0. The van der Waals surface area contributed by atoms with Gasteiger partial charge in [-0.2, -0.15) is 0 Å². The van der Waals surface area contributed by atoms with E-state index in [9.17, 15) is 24.3 Å². The van der Waals surface area contributed by atoms with Crippen molar-refractivity contribution in [1.82, 2.24) is 5.32 Å². The topological polar surface area (TPSA) is 116 Å². The number of ether oxygens (including phenoxy) is 1. The number of carboxylic acid groups (broad SMARTS) is 1. The molecule has 2 atom stereocenters. The Kier molecular flexibility index (Phi) is 5.76. The Hall–Kier alpha value is -2.88. The van der Waals surface area contributed by atoms with Gasteiger partial charge in [-0.15, -0.1) is 0 Å². The van der Waals surface area contributed by atoms with E-state index >= 15 is 4.39 Å². The summed E-state index contributed by atoms with van der Waals surface area (Å²) in [5.74, 6) is -4.40. The Labute approximate surface area is 194 Å². The van der Waals surface area contributed by atoms with Gasteiger partial charge < -0.3 is 25.0 Å². The van der Waals surface area contributed by atoms with Gasteiger partial charge in [0, 0.05) is 19.1 Å². The molecule has 0 bridgehead atoms. The number of nitrogens with zero attached hydrogens (tertiary/aromatic N) is 2. The van der Waals surface area contributed by atoms with Crippen molar-refractivity contribution in [2.75, 3.05) is 22.9 Å². The Balaban J connectivity index is 1.66. The molecule has 1 saturated heterocycles. The minimum atomic E-state index is -1.69. The van der Waals surface area contributed by atoms with Gasteiger partial charge in [0.1, 0.15) is 11.4 Å². The van der Waals surface area contributed by atoms with Crippen molar-refractivity contribution in [3.05, 3.63) is 22.5 Å². The first kappa shape index (κ1) is 23.3. The molecule has 1 amide bonds. The second-order valence-corrected chi connectivity index (χ2v) is 9.95. The molecule has 4 rings (SSSR count). The molecular formula is C22H25ClFN3O6. The summed E-state index contributed by atoms with van der Waals surface area (Å²) in [4.78, 5) is 52.0. The second-order valence-electron chi connectivity index (χ2n) is 9.57. The third kappa shape index (κ3) is 4.36. The van der Waals surface area contributed by atoms with Gasteiger partial charge in [-0.25, -0.2) is 14.0 Å². The van der Waals surface area contributed by atoms with Crippen molar-refractivity contribution in [3.8, 4) is 0 Å². The highest BCUT2D eigenvalue weighted by Crippen LogP contribution is 2.47. The van der Waals surface area contributed by atoms with Crippen molar-refractivity contribution in [2.24, 2.45) is 0 Å². The zero-order valence-corrected chi connectivity index (χ0v) is 19.2. The number of rotatable bonds is 4. The smallest absolute Gasteiger partial charge is 0.407 e. The molecule has 11 heteroatoms. The Morgan fingerprint density at radius 1 is 1.21 bits per heavy atom. The summed E-state index contributed by atoms with van der Waals surface area (Å²) in [6.07, 6.45) is 1.20. The highest BCUT2D eigenvalue weighted by molar-refractivity contribution is 6.52. The van der Waals surface area contributed by atoms with Crippen molar-refractivity contribution in [1.29, 1.82) is 0 Å². The van der Waals surface area contributed by atoms with Gasteiger partial charge in [-0.3, -0.25) is 9.59 Å². The van der Waals surface area contributed by atoms with Gasteiger partial charge in [0.25, 0.3) is 0 Å². The summed E-state index contributed by atoms with van der Waals surface area (Å²) in [5.41, 5.74) is -0.789. The number of carboxylic acids is 1. The first-order chi connectivity index (χ1) is 15.4. The molecule has 33 heavy (non-hydrogen) atoms. The number of benzene rings is 1. The lowest BCUT2D eigenvalue weighted by atomic mass is 9.92. The predicted molar refractivity (Wildman–Crippen MR) is 118 cm³/mol. The standard InChI is InChI=1S/C22H25ClFN3O6/c1-22(2,3)33-21(32)25-10-6-7-26(9-10)16-13(24)8-12-15(14(16)23)27(11-4-5-11)17(20(30)31)19(29)18(12)28/h8,10-11,17H,4-7,9H2,1-3H3,(H,25,32)(H,30,31). The molecule has 0 aromatic heterocycles. The lowest BCUT2D eigenvalue weighted by Gasteiger charge is -2.37. The fourth-order valence-electron chi connectivity index (χ4n) is 4.36. The number of alkyl carbamates (subject to hydrolysis) is 1. The third-order valence-corrected chi connectivity index (χ3v) is 6.18. The number of amides is 1. The molecule has 3 aliphatic rings. The second kappa shape index (κ2) is 8.16. The van der Waals surface area contributed by atoms with Crippen LogP contribution < -0.4 is 15.1 Å². The lowest BCUT2D eigenvalue weighted by Crippen LogP contribution is -2.54. The molecule has 2 aliphatic heterocycles.